The van der Waals surface area contributed by atoms with Crippen molar-refractivity contribution in [2.75, 3.05) is 6.79 Å². The van der Waals surface area contributed by atoms with Crippen molar-refractivity contribution in [2.24, 2.45) is 0 Å². The number of benzene rings is 3. The number of ether oxygens (including phenoxy) is 3. The van der Waals surface area contributed by atoms with Crippen molar-refractivity contribution in [2.45, 2.75) is 33.5 Å². The number of nitrogens with zero attached hydrogens (tertiary/aromatic N) is 4. The quantitative estimate of drug-likeness (QED) is 0.225. The van der Waals surface area contributed by atoms with Crippen LogP contribution in [-0.2, 0) is 19.7 Å². The van der Waals surface area contributed by atoms with E-state index >= 15 is 0 Å². The summed E-state index contributed by atoms with van der Waals surface area (Å²) in [6.07, 6.45) is 1.74. The van der Waals surface area contributed by atoms with Gasteiger partial charge in [-0.3, -0.25) is 9.78 Å². The highest BCUT2D eigenvalue weighted by Gasteiger charge is 2.19. The summed E-state index contributed by atoms with van der Waals surface area (Å²) < 4.78 is 18.8. The van der Waals surface area contributed by atoms with Gasteiger partial charge < -0.3 is 19.1 Å². The molecule has 1 amide bonds. The van der Waals surface area contributed by atoms with Crippen molar-refractivity contribution < 1.29 is 19.0 Å². The van der Waals surface area contributed by atoms with Crippen LogP contribution in [0.5, 0.6) is 17.2 Å². The average molecular weight is 547 g/mol. The number of fused-ring (bicyclic) bond motifs is 1. The Morgan fingerprint density at radius 3 is 2.59 bits per heavy atom. The summed E-state index contributed by atoms with van der Waals surface area (Å²) in [4.78, 5) is 20.2. The van der Waals surface area contributed by atoms with Crippen molar-refractivity contribution in [3.8, 4) is 22.9 Å². The Labute approximate surface area is 238 Å². The van der Waals surface area contributed by atoms with Crippen molar-refractivity contribution in [3.63, 3.8) is 0 Å². The lowest BCUT2D eigenvalue weighted by molar-refractivity contribution is 0.0727. The Balaban J connectivity index is 1.22. The van der Waals surface area contributed by atoms with Crippen LogP contribution in [-0.4, -0.2) is 32.4 Å². The normalized spacial score (nSPS) is 11.9. The maximum absolute atomic E-state index is 13.9. The molecule has 1 aliphatic rings. The molecule has 0 N–H and O–H groups in total. The highest BCUT2D eigenvalue weighted by atomic mass is 16.7. The lowest BCUT2D eigenvalue weighted by Gasteiger charge is -2.23. The van der Waals surface area contributed by atoms with Gasteiger partial charge in [-0.15, -0.1) is 0 Å². The molecule has 8 nitrogen and oxygen atoms in total. The second kappa shape index (κ2) is 11.6. The fourth-order valence-corrected chi connectivity index (χ4v) is 4.88. The van der Waals surface area contributed by atoms with Gasteiger partial charge in [-0.1, -0.05) is 30.3 Å². The highest BCUT2D eigenvalue weighted by Crippen LogP contribution is 2.33. The summed E-state index contributed by atoms with van der Waals surface area (Å²) in [5, 5.41) is 4.58. The summed E-state index contributed by atoms with van der Waals surface area (Å²) in [5.74, 6) is 2.10. The molecule has 0 saturated carbocycles. The number of amides is 1. The molecule has 0 aliphatic carbocycles. The molecule has 1 aliphatic heterocycles. The molecule has 41 heavy (non-hydrogen) atoms. The fraction of sp³-hybridized carbons (Fsp3) is 0.182. The van der Waals surface area contributed by atoms with E-state index < -0.39 is 0 Å². The summed E-state index contributed by atoms with van der Waals surface area (Å²) in [7, 11) is 0. The van der Waals surface area contributed by atoms with Crippen molar-refractivity contribution in [1.29, 1.82) is 0 Å². The average Bonchev–Trinajstić information content (AvgIpc) is 3.61. The molecule has 0 atom stereocenters. The minimum Gasteiger partial charge on any atom is -0.489 e. The molecule has 0 spiro atoms. The zero-order chi connectivity index (χ0) is 28.2. The molecular formula is C33H30N4O4. The van der Waals surface area contributed by atoms with Gasteiger partial charge in [-0.05, 0) is 85.6 Å². The molecule has 5 aromatic rings. The topological polar surface area (TPSA) is 78.7 Å². The molecule has 0 unspecified atom stereocenters. The van der Waals surface area contributed by atoms with E-state index in [0.29, 0.717) is 25.3 Å². The number of rotatable bonds is 9. The minimum absolute atomic E-state index is 0.0919. The number of hydrogen-bond acceptors (Lipinski definition) is 6. The molecule has 8 heteroatoms. The third kappa shape index (κ3) is 6.06. The second-order valence-electron chi connectivity index (χ2n) is 10.00. The molecule has 0 radical (unpaired) electrons. The van der Waals surface area contributed by atoms with Gasteiger partial charge >= 0.3 is 0 Å². The van der Waals surface area contributed by atoms with Crippen LogP contribution < -0.4 is 14.2 Å². The smallest absolute Gasteiger partial charge is 0.254 e. The first-order valence-corrected chi connectivity index (χ1v) is 13.4. The molecule has 0 bridgehead atoms. The fourth-order valence-electron chi connectivity index (χ4n) is 4.88. The van der Waals surface area contributed by atoms with E-state index in [1.54, 1.807) is 11.1 Å². The van der Waals surface area contributed by atoms with Crippen LogP contribution in [0.3, 0.4) is 0 Å². The van der Waals surface area contributed by atoms with E-state index in [4.69, 9.17) is 14.2 Å². The van der Waals surface area contributed by atoms with Crippen molar-refractivity contribution in [3.05, 3.63) is 131 Å². The van der Waals surface area contributed by atoms with Gasteiger partial charge in [0.25, 0.3) is 5.91 Å². The van der Waals surface area contributed by atoms with E-state index in [1.807, 2.05) is 110 Å². The number of hydrogen-bond donors (Lipinski definition) is 0. The summed E-state index contributed by atoms with van der Waals surface area (Å²) in [5.41, 5.74) is 6.11. The van der Waals surface area contributed by atoms with Crippen LogP contribution in [0.2, 0.25) is 0 Å². The molecule has 6 rings (SSSR count). The Kier molecular flexibility index (Phi) is 7.36. The first-order valence-electron chi connectivity index (χ1n) is 13.4. The Bertz CT molecular complexity index is 1680. The highest BCUT2D eigenvalue weighted by molar-refractivity contribution is 5.94. The zero-order valence-corrected chi connectivity index (χ0v) is 23.0. The SMILES string of the molecule is Cc1cc(C)n(-c2cccc(C(=O)N(Cc3cccc(OCc4ccc5c(c4)OCO5)c3)Cc3ccccn3)c2)n1. The predicted octanol–water partition coefficient (Wildman–Crippen LogP) is 6.03. The molecule has 0 fully saturated rings. The lowest BCUT2D eigenvalue weighted by atomic mass is 10.1. The molecule has 3 heterocycles. The van der Waals surface area contributed by atoms with Crippen LogP contribution in [0.15, 0.2) is 97.2 Å². The van der Waals surface area contributed by atoms with Gasteiger partial charge in [-0.25, -0.2) is 4.68 Å². The summed E-state index contributed by atoms with van der Waals surface area (Å²) in [6, 6.07) is 28.9. The van der Waals surface area contributed by atoms with Crippen LogP contribution in [0, 0.1) is 13.8 Å². The number of aromatic nitrogens is 3. The summed E-state index contributed by atoms with van der Waals surface area (Å²) in [6.45, 7) is 5.34. The Morgan fingerprint density at radius 1 is 0.878 bits per heavy atom. The van der Waals surface area contributed by atoms with E-state index in [9.17, 15) is 4.79 Å². The number of carbonyl (C=O) groups is 1. The van der Waals surface area contributed by atoms with Gasteiger partial charge in [0.05, 0.1) is 23.6 Å². The van der Waals surface area contributed by atoms with Crippen LogP contribution in [0.25, 0.3) is 5.69 Å². The molecule has 3 aromatic carbocycles. The minimum atomic E-state index is -0.0919. The lowest BCUT2D eigenvalue weighted by Crippen LogP contribution is -2.30. The second-order valence-corrected chi connectivity index (χ2v) is 10.00. The van der Waals surface area contributed by atoms with E-state index in [2.05, 4.69) is 10.1 Å². The van der Waals surface area contributed by atoms with Crippen molar-refractivity contribution in [1.82, 2.24) is 19.7 Å². The van der Waals surface area contributed by atoms with Gasteiger partial charge in [0.15, 0.2) is 11.5 Å². The predicted molar refractivity (Wildman–Crippen MR) is 154 cm³/mol. The number of carbonyl (C=O) groups excluding carboxylic acids is 1. The van der Waals surface area contributed by atoms with Gasteiger partial charge in [0.1, 0.15) is 12.4 Å². The van der Waals surface area contributed by atoms with E-state index in [1.165, 1.54) is 0 Å². The largest absolute Gasteiger partial charge is 0.489 e. The number of aryl methyl sites for hydroxylation is 2. The van der Waals surface area contributed by atoms with E-state index in [0.717, 1.165) is 51.1 Å². The van der Waals surface area contributed by atoms with Gasteiger partial charge in [0, 0.05) is 24.0 Å². The first kappa shape index (κ1) is 26.1. The third-order valence-electron chi connectivity index (χ3n) is 6.83. The molecule has 2 aromatic heterocycles. The van der Waals surface area contributed by atoms with Crippen LogP contribution in [0.1, 0.15) is 38.6 Å². The maximum atomic E-state index is 13.9. The Morgan fingerprint density at radius 2 is 1.76 bits per heavy atom. The van der Waals surface area contributed by atoms with Crippen LogP contribution >= 0.6 is 0 Å². The maximum Gasteiger partial charge on any atom is 0.254 e. The van der Waals surface area contributed by atoms with E-state index in [-0.39, 0.29) is 12.7 Å². The van der Waals surface area contributed by atoms with Gasteiger partial charge in [0.2, 0.25) is 6.79 Å². The van der Waals surface area contributed by atoms with Crippen LogP contribution in [0.4, 0.5) is 0 Å². The zero-order valence-electron chi connectivity index (χ0n) is 23.0. The van der Waals surface area contributed by atoms with Gasteiger partial charge in [-0.2, -0.15) is 5.10 Å². The standard InChI is InChI=1S/C33H30N4O4/c1-23-15-24(2)37(35-23)29-10-6-8-27(18-29)33(38)36(20-28-9-3-4-14-34-28)19-25-7-5-11-30(16-25)39-21-26-12-13-31-32(17-26)41-22-40-31/h3-18H,19-22H2,1-2H3. The summed E-state index contributed by atoms with van der Waals surface area (Å²) >= 11 is 0. The third-order valence-corrected chi connectivity index (χ3v) is 6.83. The Hall–Kier alpha value is -5.11. The van der Waals surface area contributed by atoms with Crippen molar-refractivity contribution >= 4 is 5.91 Å². The number of pyridine rings is 1. The first-order chi connectivity index (χ1) is 20.0. The molecular weight excluding hydrogens is 516 g/mol. The molecule has 0 saturated heterocycles. The molecule has 206 valence electrons. The monoisotopic (exact) mass is 546 g/mol.